The van der Waals surface area contributed by atoms with Gasteiger partial charge in [0.05, 0.1) is 6.33 Å². The van der Waals surface area contributed by atoms with Crippen molar-refractivity contribution < 1.29 is 9.59 Å². The predicted octanol–water partition coefficient (Wildman–Crippen LogP) is 1.59. The Labute approximate surface area is 129 Å². The van der Waals surface area contributed by atoms with Crippen LogP contribution < -0.4 is 10.6 Å². The third kappa shape index (κ3) is 4.73. The van der Waals surface area contributed by atoms with Gasteiger partial charge in [-0.1, -0.05) is 19.1 Å². The van der Waals surface area contributed by atoms with Gasteiger partial charge in [0.2, 0.25) is 0 Å². The number of carbonyl (C=O) groups is 2. The van der Waals surface area contributed by atoms with Crippen LogP contribution in [0.15, 0.2) is 43.0 Å². The van der Waals surface area contributed by atoms with Crippen molar-refractivity contribution in [2.75, 3.05) is 11.9 Å². The van der Waals surface area contributed by atoms with Crippen LogP contribution in [0.5, 0.6) is 0 Å². The van der Waals surface area contributed by atoms with Crippen LogP contribution in [-0.4, -0.2) is 27.9 Å². The molecule has 2 aromatic rings. The monoisotopic (exact) mass is 300 g/mol. The molecule has 0 atom stereocenters. The van der Waals surface area contributed by atoms with Gasteiger partial charge in [-0.25, -0.2) is 4.98 Å². The van der Waals surface area contributed by atoms with Gasteiger partial charge < -0.3 is 15.2 Å². The molecule has 6 nitrogen and oxygen atoms in total. The summed E-state index contributed by atoms with van der Waals surface area (Å²) in [6.45, 7) is 3.25. The van der Waals surface area contributed by atoms with Crippen LogP contribution in [-0.2, 0) is 22.6 Å². The van der Waals surface area contributed by atoms with E-state index >= 15 is 0 Å². The van der Waals surface area contributed by atoms with E-state index in [1.165, 1.54) is 5.56 Å². The molecule has 0 radical (unpaired) electrons. The minimum absolute atomic E-state index is 0.444. The van der Waals surface area contributed by atoms with Crippen molar-refractivity contribution in [1.29, 1.82) is 0 Å². The number of benzene rings is 1. The molecule has 1 aromatic carbocycles. The maximum absolute atomic E-state index is 11.8. The lowest BCUT2D eigenvalue weighted by Gasteiger charge is -2.07. The number of hydrogen-bond donors (Lipinski definition) is 2. The summed E-state index contributed by atoms with van der Waals surface area (Å²) in [5.74, 6) is -1.27. The van der Waals surface area contributed by atoms with Gasteiger partial charge in [0, 0.05) is 31.2 Å². The van der Waals surface area contributed by atoms with Crippen LogP contribution in [0.3, 0.4) is 0 Å². The molecule has 0 spiro atoms. The van der Waals surface area contributed by atoms with Crippen molar-refractivity contribution in [3.8, 4) is 0 Å². The smallest absolute Gasteiger partial charge is 0.313 e. The molecule has 0 bridgehead atoms. The zero-order chi connectivity index (χ0) is 15.8. The van der Waals surface area contributed by atoms with Gasteiger partial charge in [0.15, 0.2) is 0 Å². The molecular weight excluding hydrogens is 280 g/mol. The largest absolute Gasteiger partial charge is 0.348 e. The Bertz CT molecular complexity index is 606. The molecule has 1 heterocycles. The molecule has 6 heteroatoms. The van der Waals surface area contributed by atoms with E-state index in [9.17, 15) is 9.59 Å². The van der Waals surface area contributed by atoms with E-state index in [-0.39, 0.29) is 0 Å². The summed E-state index contributed by atoms with van der Waals surface area (Å²) in [6, 6.07) is 7.45. The Morgan fingerprint density at radius 3 is 2.59 bits per heavy atom. The highest BCUT2D eigenvalue weighted by Crippen LogP contribution is 2.09. The van der Waals surface area contributed by atoms with Gasteiger partial charge in [0.1, 0.15) is 0 Å². The van der Waals surface area contributed by atoms with Crippen LogP contribution in [0.1, 0.15) is 18.9 Å². The lowest BCUT2D eigenvalue weighted by molar-refractivity contribution is -0.136. The second-order valence-corrected chi connectivity index (χ2v) is 4.91. The summed E-state index contributed by atoms with van der Waals surface area (Å²) in [4.78, 5) is 27.4. The lowest BCUT2D eigenvalue weighted by atomic mass is 10.1. The molecule has 0 saturated heterocycles. The molecule has 0 aliphatic carbocycles. The van der Waals surface area contributed by atoms with Crippen LogP contribution >= 0.6 is 0 Å². The van der Waals surface area contributed by atoms with Crippen LogP contribution in [0.2, 0.25) is 0 Å². The van der Waals surface area contributed by atoms with E-state index in [1.54, 1.807) is 24.7 Å². The number of nitrogens with zero attached hydrogens (tertiary/aromatic N) is 2. The Kier molecular flexibility index (Phi) is 5.71. The Hall–Kier alpha value is -2.63. The molecule has 2 amide bonds. The van der Waals surface area contributed by atoms with Gasteiger partial charge >= 0.3 is 11.8 Å². The minimum Gasteiger partial charge on any atom is -0.348 e. The molecule has 0 fully saturated rings. The molecule has 0 unspecified atom stereocenters. The van der Waals surface area contributed by atoms with Crippen LogP contribution in [0.4, 0.5) is 5.69 Å². The molecule has 0 aliphatic heterocycles. The molecule has 0 aliphatic rings. The zero-order valence-electron chi connectivity index (χ0n) is 12.6. The minimum atomic E-state index is -0.646. The van der Waals surface area contributed by atoms with Crippen molar-refractivity contribution >= 4 is 17.5 Å². The van der Waals surface area contributed by atoms with Crippen molar-refractivity contribution in [3.05, 3.63) is 48.5 Å². The topological polar surface area (TPSA) is 76.0 Å². The van der Waals surface area contributed by atoms with Crippen molar-refractivity contribution in [1.82, 2.24) is 14.9 Å². The van der Waals surface area contributed by atoms with Crippen molar-refractivity contribution in [2.24, 2.45) is 0 Å². The number of anilines is 1. The number of rotatable bonds is 6. The first-order valence-electron chi connectivity index (χ1n) is 7.33. The van der Waals surface area contributed by atoms with E-state index in [4.69, 9.17) is 0 Å². The maximum Gasteiger partial charge on any atom is 0.313 e. The maximum atomic E-state index is 11.8. The standard InChI is InChI=1S/C16H20N4O2/c1-2-13-4-6-14(7-5-13)19-16(22)15(21)18-8-3-10-20-11-9-17-12-20/h4-7,9,11-12H,2-3,8,10H2,1H3,(H,18,21)(H,19,22). The normalized spacial score (nSPS) is 10.2. The first-order valence-corrected chi connectivity index (χ1v) is 7.33. The quantitative estimate of drug-likeness (QED) is 0.628. The average molecular weight is 300 g/mol. The highest BCUT2D eigenvalue weighted by molar-refractivity contribution is 6.39. The predicted molar refractivity (Wildman–Crippen MR) is 84.3 cm³/mol. The highest BCUT2D eigenvalue weighted by Gasteiger charge is 2.12. The Morgan fingerprint density at radius 2 is 1.95 bits per heavy atom. The third-order valence-corrected chi connectivity index (χ3v) is 3.26. The van der Waals surface area contributed by atoms with Gasteiger partial charge in [-0.15, -0.1) is 0 Å². The van der Waals surface area contributed by atoms with Gasteiger partial charge in [-0.3, -0.25) is 9.59 Å². The highest BCUT2D eigenvalue weighted by atomic mass is 16.2. The first kappa shape index (κ1) is 15.8. The summed E-state index contributed by atoms with van der Waals surface area (Å²) in [5, 5.41) is 5.18. The molecule has 2 rings (SSSR count). The second-order valence-electron chi connectivity index (χ2n) is 4.91. The fourth-order valence-electron chi connectivity index (χ4n) is 1.97. The van der Waals surface area contributed by atoms with E-state index < -0.39 is 11.8 Å². The van der Waals surface area contributed by atoms with Crippen LogP contribution in [0.25, 0.3) is 0 Å². The third-order valence-electron chi connectivity index (χ3n) is 3.26. The van der Waals surface area contributed by atoms with E-state index in [0.29, 0.717) is 12.2 Å². The summed E-state index contributed by atoms with van der Waals surface area (Å²) in [7, 11) is 0. The summed E-state index contributed by atoms with van der Waals surface area (Å²) in [6.07, 6.45) is 6.95. The number of imidazole rings is 1. The zero-order valence-corrected chi connectivity index (χ0v) is 12.6. The number of aryl methyl sites for hydroxylation is 2. The molecular formula is C16H20N4O2. The fourth-order valence-corrected chi connectivity index (χ4v) is 1.97. The van der Waals surface area contributed by atoms with E-state index in [2.05, 4.69) is 22.5 Å². The van der Waals surface area contributed by atoms with Gasteiger partial charge in [-0.2, -0.15) is 0 Å². The molecule has 1 aromatic heterocycles. The number of amides is 2. The van der Waals surface area contributed by atoms with Crippen molar-refractivity contribution in [2.45, 2.75) is 26.3 Å². The van der Waals surface area contributed by atoms with Crippen molar-refractivity contribution in [3.63, 3.8) is 0 Å². The number of aromatic nitrogens is 2. The van der Waals surface area contributed by atoms with Crippen LogP contribution in [0, 0.1) is 0 Å². The first-order chi connectivity index (χ1) is 10.7. The van der Waals surface area contributed by atoms with Gasteiger partial charge in [0.25, 0.3) is 0 Å². The van der Waals surface area contributed by atoms with Gasteiger partial charge in [-0.05, 0) is 30.5 Å². The lowest BCUT2D eigenvalue weighted by Crippen LogP contribution is -2.36. The second kappa shape index (κ2) is 7.97. The average Bonchev–Trinajstić information content (AvgIpc) is 3.05. The molecule has 2 N–H and O–H groups in total. The number of nitrogens with one attached hydrogen (secondary N) is 2. The Morgan fingerprint density at radius 1 is 1.18 bits per heavy atom. The summed E-state index contributed by atoms with van der Waals surface area (Å²) < 4.78 is 1.92. The summed E-state index contributed by atoms with van der Waals surface area (Å²) in [5.41, 5.74) is 1.80. The van der Waals surface area contributed by atoms with E-state index in [0.717, 1.165) is 19.4 Å². The number of carbonyl (C=O) groups excluding carboxylic acids is 2. The molecule has 0 saturated carbocycles. The SMILES string of the molecule is CCc1ccc(NC(=O)C(=O)NCCCn2ccnc2)cc1. The molecule has 22 heavy (non-hydrogen) atoms. The molecule has 116 valence electrons. The fraction of sp³-hybridized carbons (Fsp3) is 0.312. The Balaban J connectivity index is 1.70. The number of hydrogen-bond acceptors (Lipinski definition) is 3. The summed E-state index contributed by atoms with van der Waals surface area (Å²) >= 11 is 0. The van der Waals surface area contributed by atoms with E-state index in [1.807, 2.05) is 22.9 Å².